The number of methoxy groups -OCH3 is 2. The molecule has 1 aromatic rings. The molecular weight excluding hydrogens is 216 g/mol. The Kier molecular flexibility index (Phi) is 3.36. The lowest BCUT2D eigenvalue weighted by molar-refractivity contribution is -0.120. The summed E-state index contributed by atoms with van der Waals surface area (Å²) in [6, 6.07) is 5.85. The molecule has 0 saturated heterocycles. The summed E-state index contributed by atoms with van der Waals surface area (Å²) in [6.45, 7) is 1.92. The second-order valence-electron chi connectivity index (χ2n) is 4.35. The minimum absolute atomic E-state index is 0.181. The first-order valence-electron chi connectivity index (χ1n) is 5.96. The zero-order valence-electron chi connectivity index (χ0n) is 10.5. The van der Waals surface area contributed by atoms with Crippen molar-refractivity contribution >= 4 is 5.78 Å². The Bertz CT molecular complexity index is 425. The molecule has 1 saturated carbocycles. The molecule has 3 nitrogen and oxygen atoms in total. The van der Waals surface area contributed by atoms with Crippen molar-refractivity contribution in [2.24, 2.45) is 5.92 Å². The van der Waals surface area contributed by atoms with Crippen molar-refractivity contribution in [2.45, 2.75) is 25.7 Å². The molecule has 92 valence electrons. The van der Waals surface area contributed by atoms with E-state index in [-0.39, 0.29) is 5.92 Å². The largest absolute Gasteiger partial charge is 0.493 e. The van der Waals surface area contributed by atoms with E-state index in [9.17, 15) is 4.79 Å². The fraction of sp³-hybridized carbons (Fsp3) is 0.500. The molecule has 0 amide bonds. The summed E-state index contributed by atoms with van der Waals surface area (Å²) in [4.78, 5) is 11.6. The summed E-state index contributed by atoms with van der Waals surface area (Å²) >= 11 is 0. The Morgan fingerprint density at radius 2 is 2.12 bits per heavy atom. The maximum atomic E-state index is 11.6. The molecule has 0 heterocycles. The first-order chi connectivity index (χ1) is 8.22. The molecule has 0 spiro atoms. The van der Waals surface area contributed by atoms with E-state index in [0.717, 1.165) is 23.5 Å². The highest BCUT2D eigenvalue weighted by Gasteiger charge is 2.44. The van der Waals surface area contributed by atoms with Gasteiger partial charge in [-0.05, 0) is 18.4 Å². The zero-order valence-corrected chi connectivity index (χ0v) is 10.5. The number of ether oxygens (including phenoxy) is 2. The van der Waals surface area contributed by atoms with Gasteiger partial charge in [0, 0.05) is 17.9 Å². The minimum Gasteiger partial charge on any atom is -0.493 e. The number of Topliss-reactive ketones (excluding diaryl/α,β-unsaturated/α-hetero) is 1. The summed E-state index contributed by atoms with van der Waals surface area (Å²) in [5.41, 5.74) is 1.10. The van der Waals surface area contributed by atoms with E-state index in [0.29, 0.717) is 18.1 Å². The second kappa shape index (κ2) is 4.78. The van der Waals surface area contributed by atoms with Crippen molar-refractivity contribution < 1.29 is 14.3 Å². The third-order valence-corrected chi connectivity index (χ3v) is 3.39. The van der Waals surface area contributed by atoms with Crippen molar-refractivity contribution in [2.75, 3.05) is 14.2 Å². The summed E-state index contributed by atoms with van der Waals surface area (Å²) in [7, 11) is 3.27. The fourth-order valence-electron chi connectivity index (χ4n) is 2.36. The van der Waals surface area contributed by atoms with Crippen LogP contribution in [0.1, 0.15) is 31.2 Å². The van der Waals surface area contributed by atoms with Gasteiger partial charge in [0.05, 0.1) is 14.2 Å². The monoisotopic (exact) mass is 234 g/mol. The van der Waals surface area contributed by atoms with Gasteiger partial charge in [-0.15, -0.1) is 0 Å². The van der Waals surface area contributed by atoms with Gasteiger partial charge in [0.25, 0.3) is 0 Å². The number of para-hydroxylation sites is 1. The van der Waals surface area contributed by atoms with Crippen LogP contribution in [0.4, 0.5) is 0 Å². The lowest BCUT2D eigenvalue weighted by Crippen LogP contribution is -2.01. The summed E-state index contributed by atoms with van der Waals surface area (Å²) in [6.07, 6.45) is 1.56. The van der Waals surface area contributed by atoms with Crippen LogP contribution in [0.15, 0.2) is 18.2 Å². The standard InChI is InChI=1S/C14H18O3/c1-4-12(15)11-8-10(11)9-6-5-7-13(16-2)14(9)17-3/h5-7,10-11H,4,8H2,1-3H3. The van der Waals surface area contributed by atoms with Gasteiger partial charge in [0.2, 0.25) is 0 Å². The number of benzene rings is 1. The number of hydrogen-bond donors (Lipinski definition) is 0. The predicted octanol–water partition coefficient (Wildman–Crippen LogP) is 2.79. The van der Waals surface area contributed by atoms with E-state index in [4.69, 9.17) is 9.47 Å². The predicted molar refractivity (Wildman–Crippen MR) is 65.7 cm³/mol. The quantitative estimate of drug-likeness (QED) is 0.785. The molecule has 2 unspecified atom stereocenters. The third kappa shape index (κ3) is 2.14. The molecule has 0 N–H and O–H groups in total. The molecule has 1 aromatic carbocycles. The Labute approximate surface area is 102 Å². The SMILES string of the molecule is CCC(=O)C1CC1c1cccc(OC)c1OC. The lowest BCUT2D eigenvalue weighted by atomic mass is 10.0. The lowest BCUT2D eigenvalue weighted by Gasteiger charge is -2.12. The fourth-order valence-corrected chi connectivity index (χ4v) is 2.36. The highest BCUT2D eigenvalue weighted by Crippen LogP contribution is 2.52. The van der Waals surface area contributed by atoms with Gasteiger partial charge in [-0.1, -0.05) is 19.1 Å². The van der Waals surface area contributed by atoms with Crippen LogP contribution in [0.25, 0.3) is 0 Å². The second-order valence-corrected chi connectivity index (χ2v) is 4.35. The molecular formula is C14H18O3. The summed E-state index contributed by atoms with van der Waals surface area (Å²) in [5, 5.41) is 0. The average Bonchev–Trinajstić information content (AvgIpc) is 3.16. The number of ketones is 1. The molecule has 0 aliphatic heterocycles. The molecule has 0 bridgehead atoms. The van der Waals surface area contributed by atoms with Gasteiger partial charge in [0.15, 0.2) is 11.5 Å². The molecule has 1 aliphatic carbocycles. The van der Waals surface area contributed by atoms with E-state index in [1.54, 1.807) is 14.2 Å². The Balaban J connectivity index is 2.26. The molecule has 1 fully saturated rings. The zero-order chi connectivity index (χ0) is 12.4. The normalized spacial score (nSPS) is 22.1. The van der Waals surface area contributed by atoms with Crippen molar-refractivity contribution in [1.29, 1.82) is 0 Å². The summed E-state index contributed by atoms with van der Waals surface area (Å²) < 4.78 is 10.7. The molecule has 2 atom stereocenters. The minimum atomic E-state index is 0.181. The van der Waals surface area contributed by atoms with Gasteiger partial charge in [0.1, 0.15) is 5.78 Å². The molecule has 0 radical (unpaired) electrons. The van der Waals surface area contributed by atoms with Crippen molar-refractivity contribution in [3.63, 3.8) is 0 Å². The molecule has 3 heteroatoms. The van der Waals surface area contributed by atoms with Crippen molar-refractivity contribution in [3.05, 3.63) is 23.8 Å². The van der Waals surface area contributed by atoms with Crippen LogP contribution in [0.3, 0.4) is 0 Å². The highest BCUT2D eigenvalue weighted by atomic mass is 16.5. The maximum Gasteiger partial charge on any atom is 0.164 e. The summed E-state index contributed by atoms with van der Waals surface area (Å²) in [5.74, 6) is 2.35. The third-order valence-electron chi connectivity index (χ3n) is 3.39. The Morgan fingerprint density at radius 1 is 1.35 bits per heavy atom. The Hall–Kier alpha value is -1.51. The maximum absolute atomic E-state index is 11.6. The molecule has 0 aromatic heterocycles. The smallest absolute Gasteiger partial charge is 0.164 e. The first-order valence-corrected chi connectivity index (χ1v) is 5.96. The van der Waals surface area contributed by atoms with Gasteiger partial charge in [-0.2, -0.15) is 0 Å². The topological polar surface area (TPSA) is 35.5 Å². The first kappa shape index (κ1) is 12.0. The number of rotatable bonds is 5. The van der Waals surface area contributed by atoms with Crippen LogP contribution in [-0.4, -0.2) is 20.0 Å². The van der Waals surface area contributed by atoms with Crippen LogP contribution in [0, 0.1) is 5.92 Å². The number of carbonyl (C=O) groups is 1. The number of carbonyl (C=O) groups excluding carboxylic acids is 1. The van der Waals surface area contributed by atoms with Crippen LogP contribution < -0.4 is 9.47 Å². The van der Waals surface area contributed by atoms with Gasteiger partial charge >= 0.3 is 0 Å². The van der Waals surface area contributed by atoms with Gasteiger partial charge in [-0.3, -0.25) is 4.79 Å². The molecule has 17 heavy (non-hydrogen) atoms. The number of hydrogen-bond acceptors (Lipinski definition) is 3. The van der Waals surface area contributed by atoms with Crippen LogP contribution in [0.2, 0.25) is 0 Å². The average molecular weight is 234 g/mol. The molecule has 2 rings (SSSR count). The van der Waals surface area contributed by atoms with Crippen molar-refractivity contribution in [1.82, 2.24) is 0 Å². The highest BCUT2D eigenvalue weighted by molar-refractivity contribution is 5.85. The van der Waals surface area contributed by atoms with Gasteiger partial charge in [-0.25, -0.2) is 0 Å². The Morgan fingerprint density at radius 3 is 2.71 bits per heavy atom. The van der Waals surface area contributed by atoms with E-state index in [2.05, 4.69) is 0 Å². The van der Waals surface area contributed by atoms with E-state index < -0.39 is 0 Å². The van der Waals surface area contributed by atoms with E-state index in [1.807, 2.05) is 25.1 Å². The van der Waals surface area contributed by atoms with Crippen LogP contribution in [-0.2, 0) is 4.79 Å². The van der Waals surface area contributed by atoms with E-state index in [1.165, 1.54) is 0 Å². The van der Waals surface area contributed by atoms with Crippen LogP contribution in [0.5, 0.6) is 11.5 Å². The van der Waals surface area contributed by atoms with E-state index >= 15 is 0 Å². The van der Waals surface area contributed by atoms with Crippen molar-refractivity contribution in [3.8, 4) is 11.5 Å². The molecule has 1 aliphatic rings. The van der Waals surface area contributed by atoms with Gasteiger partial charge < -0.3 is 9.47 Å². The van der Waals surface area contributed by atoms with Crippen LogP contribution >= 0.6 is 0 Å².